The van der Waals surface area contributed by atoms with Crippen LogP contribution in [-0.2, 0) is 4.79 Å². The number of amides is 1. The molecule has 4 nitrogen and oxygen atoms in total. The smallest absolute Gasteiger partial charge is 0.234 e. The normalized spacial score (nSPS) is 12.4. The van der Waals surface area contributed by atoms with Crippen molar-refractivity contribution in [2.45, 2.75) is 46.1 Å². The van der Waals surface area contributed by atoms with Crippen molar-refractivity contribution < 1.29 is 9.53 Å². The Morgan fingerprint density at radius 1 is 1.40 bits per heavy atom. The SMILES string of the molecule is CCNC(CCOc1cc(C(C)C)ccc1C)C(N)=O. The van der Waals surface area contributed by atoms with Crippen molar-refractivity contribution in [2.24, 2.45) is 5.73 Å². The minimum Gasteiger partial charge on any atom is -0.493 e. The summed E-state index contributed by atoms with van der Waals surface area (Å²) < 4.78 is 5.81. The van der Waals surface area contributed by atoms with Crippen LogP contribution in [0.5, 0.6) is 5.75 Å². The fourth-order valence-corrected chi connectivity index (χ4v) is 2.01. The number of hydrogen-bond acceptors (Lipinski definition) is 3. The van der Waals surface area contributed by atoms with Gasteiger partial charge in [0.15, 0.2) is 0 Å². The van der Waals surface area contributed by atoms with E-state index in [9.17, 15) is 4.79 Å². The summed E-state index contributed by atoms with van der Waals surface area (Å²) in [7, 11) is 0. The van der Waals surface area contributed by atoms with Crippen molar-refractivity contribution in [3.05, 3.63) is 29.3 Å². The molecule has 0 heterocycles. The monoisotopic (exact) mass is 278 g/mol. The summed E-state index contributed by atoms with van der Waals surface area (Å²) in [6.07, 6.45) is 0.578. The van der Waals surface area contributed by atoms with Crippen LogP contribution in [-0.4, -0.2) is 25.1 Å². The van der Waals surface area contributed by atoms with Gasteiger partial charge < -0.3 is 15.8 Å². The first kappa shape index (κ1) is 16.5. The van der Waals surface area contributed by atoms with E-state index < -0.39 is 0 Å². The predicted molar refractivity (Wildman–Crippen MR) is 82.0 cm³/mol. The van der Waals surface area contributed by atoms with E-state index in [4.69, 9.17) is 10.5 Å². The lowest BCUT2D eigenvalue weighted by atomic mass is 10.0. The van der Waals surface area contributed by atoms with Gasteiger partial charge in [0.2, 0.25) is 5.91 Å². The van der Waals surface area contributed by atoms with E-state index in [0.29, 0.717) is 18.9 Å². The number of ether oxygens (including phenoxy) is 1. The Balaban J connectivity index is 2.60. The zero-order valence-electron chi connectivity index (χ0n) is 12.9. The van der Waals surface area contributed by atoms with Crippen molar-refractivity contribution >= 4 is 5.91 Å². The Morgan fingerprint density at radius 3 is 2.65 bits per heavy atom. The van der Waals surface area contributed by atoms with Crippen molar-refractivity contribution in [1.82, 2.24) is 5.32 Å². The molecule has 0 saturated carbocycles. The molecule has 0 aromatic heterocycles. The van der Waals surface area contributed by atoms with Crippen LogP contribution in [0.1, 0.15) is 44.2 Å². The molecule has 0 saturated heterocycles. The Hall–Kier alpha value is -1.55. The fraction of sp³-hybridized carbons (Fsp3) is 0.562. The second-order valence-corrected chi connectivity index (χ2v) is 5.33. The van der Waals surface area contributed by atoms with E-state index in [1.807, 2.05) is 13.8 Å². The van der Waals surface area contributed by atoms with Gasteiger partial charge in [0.05, 0.1) is 12.6 Å². The van der Waals surface area contributed by atoms with Gasteiger partial charge in [-0.2, -0.15) is 0 Å². The summed E-state index contributed by atoms with van der Waals surface area (Å²) >= 11 is 0. The number of rotatable bonds is 8. The average molecular weight is 278 g/mol. The Labute approximate surface area is 121 Å². The molecule has 0 aliphatic heterocycles. The van der Waals surface area contributed by atoms with E-state index in [1.54, 1.807) is 0 Å². The van der Waals surface area contributed by atoms with Gasteiger partial charge in [-0.15, -0.1) is 0 Å². The highest BCUT2D eigenvalue weighted by Crippen LogP contribution is 2.24. The summed E-state index contributed by atoms with van der Waals surface area (Å²) in [6, 6.07) is 5.94. The van der Waals surface area contributed by atoms with Gasteiger partial charge in [0, 0.05) is 6.42 Å². The Kier molecular flexibility index (Phi) is 6.52. The van der Waals surface area contributed by atoms with Crippen molar-refractivity contribution in [3.8, 4) is 5.75 Å². The topological polar surface area (TPSA) is 64.3 Å². The summed E-state index contributed by atoms with van der Waals surface area (Å²) in [5.74, 6) is 1.03. The second kappa shape index (κ2) is 7.90. The molecule has 0 radical (unpaired) electrons. The van der Waals surface area contributed by atoms with E-state index in [1.165, 1.54) is 5.56 Å². The molecule has 0 bridgehead atoms. The largest absolute Gasteiger partial charge is 0.493 e. The molecule has 20 heavy (non-hydrogen) atoms. The lowest BCUT2D eigenvalue weighted by Crippen LogP contribution is -2.42. The molecule has 112 valence electrons. The summed E-state index contributed by atoms with van der Waals surface area (Å²) in [5, 5.41) is 3.06. The number of benzene rings is 1. The maximum absolute atomic E-state index is 11.2. The van der Waals surface area contributed by atoms with Crippen molar-refractivity contribution in [2.75, 3.05) is 13.2 Å². The number of likely N-dealkylation sites (N-methyl/N-ethyl adjacent to an activating group) is 1. The molecule has 0 aliphatic rings. The molecule has 1 aromatic carbocycles. The van der Waals surface area contributed by atoms with Crippen LogP contribution in [0.3, 0.4) is 0 Å². The number of hydrogen-bond donors (Lipinski definition) is 2. The maximum Gasteiger partial charge on any atom is 0.234 e. The third kappa shape index (κ3) is 4.85. The number of carbonyl (C=O) groups is 1. The zero-order chi connectivity index (χ0) is 15.1. The zero-order valence-corrected chi connectivity index (χ0v) is 12.9. The molecule has 0 aliphatic carbocycles. The Morgan fingerprint density at radius 2 is 2.10 bits per heavy atom. The maximum atomic E-state index is 11.2. The Bertz CT molecular complexity index is 444. The fourth-order valence-electron chi connectivity index (χ4n) is 2.01. The molecule has 3 N–H and O–H groups in total. The molecular weight excluding hydrogens is 252 g/mol. The van der Waals surface area contributed by atoms with Crippen LogP contribution in [0.4, 0.5) is 0 Å². The minimum absolute atomic E-state index is 0.325. The van der Waals surface area contributed by atoms with E-state index in [0.717, 1.165) is 17.9 Å². The van der Waals surface area contributed by atoms with Gasteiger partial charge in [-0.1, -0.05) is 32.9 Å². The first-order chi connectivity index (χ1) is 9.45. The molecule has 1 rings (SSSR count). The lowest BCUT2D eigenvalue weighted by Gasteiger charge is -2.16. The molecule has 1 amide bonds. The number of primary amides is 1. The molecule has 0 fully saturated rings. The van der Waals surface area contributed by atoms with Crippen molar-refractivity contribution in [3.63, 3.8) is 0 Å². The van der Waals surface area contributed by atoms with E-state index in [2.05, 4.69) is 37.4 Å². The molecule has 0 spiro atoms. The first-order valence-electron chi connectivity index (χ1n) is 7.21. The third-order valence-electron chi connectivity index (χ3n) is 3.34. The number of aryl methyl sites for hydroxylation is 1. The van der Waals surface area contributed by atoms with Crippen LogP contribution in [0, 0.1) is 6.92 Å². The highest BCUT2D eigenvalue weighted by molar-refractivity contribution is 5.79. The first-order valence-corrected chi connectivity index (χ1v) is 7.21. The van der Waals surface area contributed by atoms with E-state index in [-0.39, 0.29) is 11.9 Å². The average Bonchev–Trinajstić information content (AvgIpc) is 2.39. The van der Waals surface area contributed by atoms with Gasteiger partial charge in [0.1, 0.15) is 5.75 Å². The molecule has 1 unspecified atom stereocenters. The van der Waals surface area contributed by atoms with Crippen LogP contribution in [0.2, 0.25) is 0 Å². The van der Waals surface area contributed by atoms with Gasteiger partial charge in [-0.25, -0.2) is 0 Å². The number of nitrogens with one attached hydrogen (secondary N) is 1. The standard InChI is InChI=1S/C16H26N2O2/c1-5-18-14(16(17)19)8-9-20-15-10-13(11(2)3)7-6-12(15)4/h6-7,10-11,14,18H,5,8-9H2,1-4H3,(H2,17,19). The molecular formula is C16H26N2O2. The van der Waals surface area contributed by atoms with Crippen molar-refractivity contribution in [1.29, 1.82) is 0 Å². The van der Waals surface area contributed by atoms with Crippen LogP contribution in [0.25, 0.3) is 0 Å². The number of nitrogens with two attached hydrogens (primary N) is 1. The second-order valence-electron chi connectivity index (χ2n) is 5.33. The summed E-state index contributed by atoms with van der Waals surface area (Å²) in [5.41, 5.74) is 7.70. The summed E-state index contributed by atoms with van der Waals surface area (Å²) in [4.78, 5) is 11.2. The molecule has 1 atom stereocenters. The lowest BCUT2D eigenvalue weighted by molar-refractivity contribution is -0.120. The minimum atomic E-state index is -0.330. The van der Waals surface area contributed by atoms with E-state index >= 15 is 0 Å². The van der Waals surface area contributed by atoms with Crippen LogP contribution >= 0.6 is 0 Å². The number of carbonyl (C=O) groups excluding carboxylic acids is 1. The predicted octanol–water partition coefficient (Wildman–Crippen LogP) is 2.35. The molecule has 1 aromatic rings. The quantitative estimate of drug-likeness (QED) is 0.767. The molecule has 4 heteroatoms. The van der Waals surface area contributed by atoms with Gasteiger partial charge in [-0.3, -0.25) is 4.79 Å². The highest BCUT2D eigenvalue weighted by atomic mass is 16.5. The third-order valence-corrected chi connectivity index (χ3v) is 3.34. The van der Waals surface area contributed by atoms with Crippen LogP contribution in [0.15, 0.2) is 18.2 Å². The summed E-state index contributed by atoms with van der Waals surface area (Å²) in [6.45, 7) is 9.48. The van der Waals surface area contributed by atoms with Gasteiger partial charge in [0.25, 0.3) is 0 Å². The van der Waals surface area contributed by atoms with Gasteiger partial charge in [-0.05, 0) is 36.6 Å². The van der Waals surface area contributed by atoms with Crippen LogP contribution < -0.4 is 15.8 Å². The van der Waals surface area contributed by atoms with Gasteiger partial charge >= 0.3 is 0 Å². The highest BCUT2D eigenvalue weighted by Gasteiger charge is 2.14.